The summed E-state index contributed by atoms with van der Waals surface area (Å²) < 4.78 is 32.4. The molecule has 0 fully saturated rings. The first kappa shape index (κ1) is 16.7. The van der Waals surface area contributed by atoms with Gasteiger partial charge in [-0.05, 0) is 44.9 Å². The molecule has 1 aliphatic rings. The maximum Gasteiger partial charge on any atom is 0.246 e. The molecule has 2 aromatic rings. The minimum atomic E-state index is -3.72. The van der Waals surface area contributed by atoms with Gasteiger partial charge in [0.25, 0.3) is 0 Å². The van der Waals surface area contributed by atoms with Crippen LogP contribution in [0.2, 0.25) is 0 Å². The molecular weight excluding hydrogens is 330 g/mol. The molecule has 0 bridgehead atoms. The Kier molecular flexibility index (Phi) is 3.76. The molecular formula is C16H19N3O4S. The van der Waals surface area contributed by atoms with Gasteiger partial charge >= 0.3 is 0 Å². The predicted octanol–water partition coefficient (Wildman–Crippen LogP) is 2.00. The SMILES string of the molecule is Cc1noc(C)c1S(=O)(=O)NCc1ccc2c(c1)C(C)(C)C(=O)N2. The van der Waals surface area contributed by atoms with Crippen LogP contribution in [0.5, 0.6) is 0 Å². The van der Waals surface area contributed by atoms with Gasteiger partial charge in [0.05, 0.1) is 5.41 Å². The van der Waals surface area contributed by atoms with Gasteiger partial charge in [0.2, 0.25) is 15.9 Å². The van der Waals surface area contributed by atoms with Crippen molar-refractivity contribution in [2.75, 3.05) is 5.32 Å². The fourth-order valence-corrected chi connectivity index (χ4v) is 4.18. The van der Waals surface area contributed by atoms with E-state index in [0.717, 1.165) is 16.8 Å². The second kappa shape index (κ2) is 5.42. The van der Waals surface area contributed by atoms with Gasteiger partial charge in [0, 0.05) is 12.2 Å². The van der Waals surface area contributed by atoms with Gasteiger partial charge in [-0.1, -0.05) is 17.3 Å². The van der Waals surface area contributed by atoms with Crippen molar-refractivity contribution in [1.29, 1.82) is 0 Å². The first-order valence-electron chi connectivity index (χ1n) is 7.50. The van der Waals surface area contributed by atoms with Crippen molar-refractivity contribution in [2.24, 2.45) is 0 Å². The van der Waals surface area contributed by atoms with E-state index >= 15 is 0 Å². The zero-order valence-corrected chi connectivity index (χ0v) is 14.7. The van der Waals surface area contributed by atoms with E-state index in [1.165, 1.54) is 0 Å². The number of fused-ring (bicyclic) bond motifs is 1. The molecule has 1 aromatic carbocycles. The highest BCUT2D eigenvalue weighted by molar-refractivity contribution is 7.89. The van der Waals surface area contributed by atoms with E-state index in [2.05, 4.69) is 15.2 Å². The summed E-state index contributed by atoms with van der Waals surface area (Å²) >= 11 is 0. The van der Waals surface area contributed by atoms with Gasteiger partial charge in [0.1, 0.15) is 10.6 Å². The number of hydrogen-bond acceptors (Lipinski definition) is 5. The average molecular weight is 349 g/mol. The zero-order valence-electron chi connectivity index (χ0n) is 13.9. The molecule has 0 saturated carbocycles. The highest BCUT2D eigenvalue weighted by Gasteiger charge is 2.38. The van der Waals surface area contributed by atoms with Crippen LogP contribution >= 0.6 is 0 Å². The molecule has 0 saturated heterocycles. The Balaban J connectivity index is 1.84. The molecule has 1 aliphatic heterocycles. The molecule has 1 aromatic heterocycles. The van der Waals surface area contributed by atoms with E-state index in [9.17, 15) is 13.2 Å². The lowest BCUT2D eigenvalue weighted by molar-refractivity contribution is -0.119. The van der Waals surface area contributed by atoms with Crippen molar-refractivity contribution < 1.29 is 17.7 Å². The summed E-state index contributed by atoms with van der Waals surface area (Å²) in [5, 5.41) is 6.50. The molecule has 1 amide bonds. The van der Waals surface area contributed by atoms with E-state index in [1.807, 2.05) is 19.9 Å². The number of carbonyl (C=O) groups excluding carboxylic acids is 1. The predicted molar refractivity (Wildman–Crippen MR) is 88.1 cm³/mol. The molecule has 7 nitrogen and oxygen atoms in total. The maximum absolute atomic E-state index is 12.4. The number of hydrogen-bond donors (Lipinski definition) is 2. The Hall–Kier alpha value is -2.19. The topological polar surface area (TPSA) is 101 Å². The van der Waals surface area contributed by atoms with Crippen molar-refractivity contribution in [3.05, 3.63) is 40.8 Å². The molecule has 2 N–H and O–H groups in total. The molecule has 3 rings (SSSR count). The molecule has 0 atom stereocenters. The Morgan fingerprint density at radius 2 is 2.00 bits per heavy atom. The summed E-state index contributed by atoms with van der Waals surface area (Å²) in [6.07, 6.45) is 0. The van der Waals surface area contributed by atoms with Crippen molar-refractivity contribution in [3.8, 4) is 0 Å². The van der Waals surface area contributed by atoms with Crippen LogP contribution in [0.15, 0.2) is 27.6 Å². The van der Waals surface area contributed by atoms with Gasteiger partial charge in [-0.25, -0.2) is 13.1 Å². The maximum atomic E-state index is 12.4. The van der Waals surface area contributed by atoms with Crippen LogP contribution in [0.3, 0.4) is 0 Å². The number of benzene rings is 1. The smallest absolute Gasteiger partial charge is 0.246 e. The first-order valence-corrected chi connectivity index (χ1v) is 8.98. The van der Waals surface area contributed by atoms with Crippen LogP contribution < -0.4 is 10.0 Å². The summed E-state index contributed by atoms with van der Waals surface area (Å²) in [4.78, 5) is 12.0. The molecule has 2 heterocycles. The molecule has 0 unspecified atom stereocenters. The molecule has 0 radical (unpaired) electrons. The second-order valence-electron chi connectivity index (χ2n) is 6.44. The van der Waals surface area contributed by atoms with Crippen molar-refractivity contribution in [2.45, 2.75) is 44.6 Å². The minimum Gasteiger partial charge on any atom is -0.360 e. The zero-order chi connectivity index (χ0) is 17.7. The quantitative estimate of drug-likeness (QED) is 0.879. The highest BCUT2D eigenvalue weighted by Crippen LogP contribution is 2.37. The van der Waals surface area contributed by atoms with Crippen LogP contribution in [0.1, 0.15) is 36.4 Å². The standard InChI is InChI=1S/C16H19N3O4S/c1-9-14(10(2)23-19-9)24(21,22)17-8-11-5-6-13-12(7-11)16(3,4)15(20)18-13/h5-7,17H,8H2,1-4H3,(H,18,20). The van der Waals surface area contributed by atoms with E-state index in [4.69, 9.17) is 4.52 Å². The Morgan fingerprint density at radius 3 is 2.62 bits per heavy atom. The van der Waals surface area contributed by atoms with E-state index in [0.29, 0.717) is 5.69 Å². The minimum absolute atomic E-state index is 0.0639. The normalized spacial score (nSPS) is 16.1. The number of aromatic nitrogens is 1. The van der Waals surface area contributed by atoms with Crippen LogP contribution in [0.4, 0.5) is 5.69 Å². The third-order valence-electron chi connectivity index (χ3n) is 4.28. The van der Waals surface area contributed by atoms with Crippen molar-refractivity contribution in [3.63, 3.8) is 0 Å². The fourth-order valence-electron chi connectivity index (χ4n) is 2.84. The number of anilines is 1. The summed E-state index contributed by atoms with van der Waals surface area (Å²) in [6.45, 7) is 6.94. The number of amides is 1. The third kappa shape index (κ3) is 2.61. The van der Waals surface area contributed by atoms with Crippen molar-refractivity contribution >= 4 is 21.6 Å². The molecule has 0 aliphatic carbocycles. The molecule has 24 heavy (non-hydrogen) atoms. The lowest BCUT2D eigenvalue weighted by Crippen LogP contribution is -2.27. The van der Waals surface area contributed by atoms with Gasteiger partial charge in [-0.3, -0.25) is 4.79 Å². The fraction of sp³-hybridized carbons (Fsp3) is 0.375. The summed E-state index contributed by atoms with van der Waals surface area (Å²) in [7, 11) is -3.72. The number of nitrogens with one attached hydrogen (secondary N) is 2. The number of carbonyl (C=O) groups is 1. The third-order valence-corrected chi connectivity index (χ3v) is 5.92. The number of nitrogens with zero attached hydrogens (tertiary/aromatic N) is 1. The first-order chi connectivity index (χ1) is 11.1. The summed E-state index contributed by atoms with van der Waals surface area (Å²) in [5.74, 6) is 0.191. The molecule has 128 valence electrons. The Bertz CT molecular complexity index is 909. The molecule has 0 spiro atoms. The van der Waals surface area contributed by atoms with Gasteiger partial charge in [-0.15, -0.1) is 0 Å². The second-order valence-corrected chi connectivity index (χ2v) is 8.14. The summed E-state index contributed by atoms with van der Waals surface area (Å²) in [5.41, 5.74) is 2.09. The molecule has 8 heteroatoms. The van der Waals surface area contributed by atoms with E-state index < -0.39 is 15.4 Å². The lowest BCUT2D eigenvalue weighted by atomic mass is 9.85. The monoisotopic (exact) mass is 349 g/mol. The Labute approximate surface area is 140 Å². The largest absolute Gasteiger partial charge is 0.360 e. The van der Waals surface area contributed by atoms with Crippen LogP contribution in [0, 0.1) is 13.8 Å². The highest BCUT2D eigenvalue weighted by atomic mass is 32.2. The lowest BCUT2D eigenvalue weighted by Gasteiger charge is -2.16. The van der Waals surface area contributed by atoms with Gasteiger partial charge in [0.15, 0.2) is 5.76 Å². The van der Waals surface area contributed by atoms with E-state index in [-0.39, 0.29) is 23.1 Å². The van der Waals surface area contributed by atoms with Gasteiger partial charge in [-0.2, -0.15) is 0 Å². The number of aryl methyl sites for hydroxylation is 2. The average Bonchev–Trinajstić information content (AvgIpc) is 2.95. The van der Waals surface area contributed by atoms with Crippen LogP contribution in [-0.4, -0.2) is 19.5 Å². The number of sulfonamides is 1. The number of rotatable bonds is 4. The van der Waals surface area contributed by atoms with Gasteiger partial charge < -0.3 is 9.84 Å². The van der Waals surface area contributed by atoms with Crippen LogP contribution in [0.25, 0.3) is 0 Å². The van der Waals surface area contributed by atoms with Crippen LogP contribution in [-0.2, 0) is 26.8 Å². The van der Waals surface area contributed by atoms with E-state index in [1.54, 1.807) is 26.0 Å². The Morgan fingerprint density at radius 1 is 1.29 bits per heavy atom. The van der Waals surface area contributed by atoms with Crippen molar-refractivity contribution in [1.82, 2.24) is 9.88 Å². The summed E-state index contributed by atoms with van der Waals surface area (Å²) in [6, 6.07) is 5.43.